The van der Waals surface area contributed by atoms with Gasteiger partial charge in [-0.05, 0) is 30.6 Å². The Morgan fingerprint density at radius 2 is 1.94 bits per heavy atom. The number of hydrogen-bond donors (Lipinski definition) is 3. The van der Waals surface area contributed by atoms with Crippen LogP contribution >= 0.6 is 0 Å². The molecule has 0 spiro atoms. The SMILES string of the molecule is CC(C)(CO)CCCNC(=O)NCCC1CCC1. The molecule has 0 aromatic heterocycles. The van der Waals surface area contributed by atoms with E-state index < -0.39 is 0 Å². The predicted molar refractivity (Wildman–Crippen MR) is 73.5 cm³/mol. The second kappa shape index (κ2) is 7.62. The summed E-state index contributed by atoms with van der Waals surface area (Å²) in [6, 6.07) is -0.0591. The van der Waals surface area contributed by atoms with Crippen LogP contribution in [0.3, 0.4) is 0 Å². The van der Waals surface area contributed by atoms with Crippen LogP contribution in [-0.2, 0) is 0 Å². The summed E-state index contributed by atoms with van der Waals surface area (Å²) in [4.78, 5) is 11.5. The highest BCUT2D eigenvalue weighted by atomic mass is 16.3. The van der Waals surface area contributed by atoms with E-state index in [0.717, 1.165) is 31.7 Å². The van der Waals surface area contributed by atoms with Crippen molar-refractivity contribution in [2.75, 3.05) is 19.7 Å². The molecule has 18 heavy (non-hydrogen) atoms. The maximum Gasteiger partial charge on any atom is 0.314 e. The molecule has 0 saturated heterocycles. The van der Waals surface area contributed by atoms with E-state index in [9.17, 15) is 4.79 Å². The number of urea groups is 1. The maximum absolute atomic E-state index is 11.5. The summed E-state index contributed by atoms with van der Waals surface area (Å²) in [6.45, 7) is 5.73. The molecule has 1 saturated carbocycles. The van der Waals surface area contributed by atoms with Gasteiger partial charge in [0, 0.05) is 19.7 Å². The molecule has 4 nitrogen and oxygen atoms in total. The molecule has 1 aliphatic rings. The largest absolute Gasteiger partial charge is 0.396 e. The maximum atomic E-state index is 11.5. The van der Waals surface area contributed by atoms with E-state index in [1.54, 1.807) is 0 Å². The molecule has 0 aliphatic heterocycles. The van der Waals surface area contributed by atoms with Gasteiger partial charge < -0.3 is 15.7 Å². The average molecular weight is 256 g/mol. The van der Waals surface area contributed by atoms with E-state index >= 15 is 0 Å². The van der Waals surface area contributed by atoms with Gasteiger partial charge in [-0.1, -0.05) is 33.1 Å². The second-order valence-corrected chi connectivity index (χ2v) is 6.19. The number of aliphatic hydroxyl groups excluding tert-OH is 1. The molecule has 0 bridgehead atoms. The van der Waals surface area contributed by atoms with Crippen LogP contribution in [0.2, 0.25) is 0 Å². The Hall–Kier alpha value is -0.770. The summed E-state index contributed by atoms with van der Waals surface area (Å²) in [5, 5.41) is 14.9. The van der Waals surface area contributed by atoms with E-state index in [-0.39, 0.29) is 18.1 Å². The summed E-state index contributed by atoms with van der Waals surface area (Å²) in [5.74, 6) is 0.843. The summed E-state index contributed by atoms with van der Waals surface area (Å²) in [5.41, 5.74) is -0.0393. The van der Waals surface area contributed by atoms with Crippen molar-refractivity contribution in [3.8, 4) is 0 Å². The first-order chi connectivity index (χ1) is 8.53. The fourth-order valence-corrected chi connectivity index (χ4v) is 2.08. The Kier molecular flexibility index (Phi) is 6.47. The molecule has 0 heterocycles. The number of aliphatic hydroxyl groups is 1. The van der Waals surface area contributed by atoms with E-state index in [1.807, 2.05) is 13.8 Å². The molecule has 0 aromatic rings. The van der Waals surface area contributed by atoms with Crippen molar-refractivity contribution in [3.05, 3.63) is 0 Å². The van der Waals surface area contributed by atoms with Crippen molar-refractivity contribution in [2.24, 2.45) is 11.3 Å². The van der Waals surface area contributed by atoms with Crippen LogP contribution < -0.4 is 10.6 Å². The van der Waals surface area contributed by atoms with Gasteiger partial charge in [0.25, 0.3) is 0 Å². The molecule has 0 radical (unpaired) electrons. The molecule has 0 atom stereocenters. The highest BCUT2D eigenvalue weighted by molar-refractivity contribution is 5.73. The molecule has 1 rings (SSSR count). The Labute approximate surface area is 111 Å². The van der Waals surface area contributed by atoms with Crippen LogP contribution in [0.15, 0.2) is 0 Å². The molecule has 106 valence electrons. The number of rotatable bonds is 8. The van der Waals surface area contributed by atoms with Crippen LogP contribution in [-0.4, -0.2) is 30.8 Å². The quantitative estimate of drug-likeness (QED) is 0.583. The molecular formula is C14H28N2O2. The van der Waals surface area contributed by atoms with Gasteiger partial charge in [-0.2, -0.15) is 0 Å². The number of carbonyl (C=O) groups excluding carboxylic acids is 1. The predicted octanol–water partition coefficient (Wildman–Crippen LogP) is 2.27. The molecule has 2 amide bonds. The smallest absolute Gasteiger partial charge is 0.314 e. The van der Waals surface area contributed by atoms with Gasteiger partial charge in [-0.3, -0.25) is 0 Å². The van der Waals surface area contributed by atoms with E-state index in [4.69, 9.17) is 5.11 Å². The van der Waals surface area contributed by atoms with Gasteiger partial charge in [0.1, 0.15) is 0 Å². The molecule has 0 unspecified atom stereocenters. The van der Waals surface area contributed by atoms with Crippen LogP contribution in [0, 0.1) is 11.3 Å². The molecule has 3 N–H and O–H groups in total. The third kappa shape index (κ3) is 6.24. The van der Waals surface area contributed by atoms with Crippen LogP contribution in [0.4, 0.5) is 4.79 Å². The highest BCUT2D eigenvalue weighted by Crippen LogP contribution is 2.28. The van der Waals surface area contributed by atoms with Gasteiger partial charge in [-0.15, -0.1) is 0 Å². The standard InChI is InChI=1S/C14H28N2O2/c1-14(2,11-17)8-4-9-15-13(18)16-10-7-12-5-3-6-12/h12,17H,3-11H2,1-2H3,(H2,15,16,18). The third-order valence-electron chi connectivity index (χ3n) is 3.81. The first-order valence-electron chi connectivity index (χ1n) is 7.16. The Morgan fingerprint density at radius 1 is 1.28 bits per heavy atom. The molecule has 1 aliphatic carbocycles. The van der Waals surface area contributed by atoms with Crippen molar-refractivity contribution in [1.82, 2.24) is 10.6 Å². The van der Waals surface area contributed by atoms with E-state index in [2.05, 4.69) is 10.6 Å². The van der Waals surface area contributed by atoms with Gasteiger partial charge in [-0.25, -0.2) is 4.79 Å². The van der Waals surface area contributed by atoms with Crippen molar-refractivity contribution in [2.45, 2.75) is 52.4 Å². The Bertz CT molecular complexity index is 250. The van der Waals surface area contributed by atoms with E-state index in [1.165, 1.54) is 19.3 Å². The topological polar surface area (TPSA) is 61.4 Å². The molecule has 0 aromatic carbocycles. The zero-order chi connectivity index (χ0) is 13.4. The van der Waals surface area contributed by atoms with Crippen molar-refractivity contribution >= 4 is 6.03 Å². The van der Waals surface area contributed by atoms with Crippen LogP contribution in [0.5, 0.6) is 0 Å². The highest BCUT2D eigenvalue weighted by Gasteiger charge is 2.17. The van der Waals surface area contributed by atoms with Gasteiger partial charge in [0.2, 0.25) is 0 Å². The zero-order valence-corrected chi connectivity index (χ0v) is 11.8. The first-order valence-corrected chi connectivity index (χ1v) is 7.16. The fraction of sp³-hybridized carbons (Fsp3) is 0.929. The lowest BCUT2D eigenvalue weighted by atomic mass is 9.83. The van der Waals surface area contributed by atoms with Gasteiger partial charge in [0.05, 0.1) is 0 Å². The lowest BCUT2D eigenvalue weighted by molar-refractivity contribution is 0.148. The fourth-order valence-electron chi connectivity index (χ4n) is 2.08. The summed E-state index contributed by atoms with van der Waals surface area (Å²) in [7, 11) is 0. The lowest BCUT2D eigenvalue weighted by Crippen LogP contribution is -2.37. The number of carbonyl (C=O) groups is 1. The van der Waals surface area contributed by atoms with Crippen molar-refractivity contribution in [3.63, 3.8) is 0 Å². The minimum Gasteiger partial charge on any atom is -0.396 e. The minimum absolute atomic E-state index is 0.0393. The Morgan fingerprint density at radius 3 is 2.50 bits per heavy atom. The molecular weight excluding hydrogens is 228 g/mol. The molecule has 4 heteroatoms. The van der Waals surface area contributed by atoms with Crippen molar-refractivity contribution in [1.29, 1.82) is 0 Å². The second-order valence-electron chi connectivity index (χ2n) is 6.19. The monoisotopic (exact) mass is 256 g/mol. The Balaban J connectivity index is 1.92. The van der Waals surface area contributed by atoms with Crippen LogP contribution in [0.25, 0.3) is 0 Å². The average Bonchev–Trinajstić information content (AvgIpc) is 2.28. The summed E-state index contributed by atoms with van der Waals surface area (Å²) in [6.07, 6.45) is 6.97. The van der Waals surface area contributed by atoms with Crippen molar-refractivity contribution < 1.29 is 9.90 Å². The van der Waals surface area contributed by atoms with Crippen LogP contribution in [0.1, 0.15) is 52.4 Å². The first kappa shape index (κ1) is 15.3. The lowest BCUT2D eigenvalue weighted by Gasteiger charge is -2.25. The minimum atomic E-state index is -0.0591. The molecule has 1 fully saturated rings. The summed E-state index contributed by atoms with van der Waals surface area (Å²) < 4.78 is 0. The van der Waals surface area contributed by atoms with E-state index in [0.29, 0.717) is 6.54 Å². The van der Waals surface area contributed by atoms with Gasteiger partial charge in [0.15, 0.2) is 0 Å². The number of nitrogens with one attached hydrogen (secondary N) is 2. The number of hydrogen-bond acceptors (Lipinski definition) is 2. The number of amides is 2. The third-order valence-corrected chi connectivity index (χ3v) is 3.81. The summed E-state index contributed by atoms with van der Waals surface area (Å²) >= 11 is 0. The normalized spacial score (nSPS) is 16.2. The van der Waals surface area contributed by atoms with Gasteiger partial charge >= 0.3 is 6.03 Å². The zero-order valence-electron chi connectivity index (χ0n) is 11.8.